The zero-order chi connectivity index (χ0) is 9.94. The van der Waals surface area contributed by atoms with Crippen LogP contribution in [0.25, 0.3) is 0 Å². The van der Waals surface area contributed by atoms with Crippen molar-refractivity contribution >= 4 is 27.9 Å². The molecule has 70 valence electrons. The number of carboxylic acid groups (broad SMARTS) is 1. The summed E-state index contributed by atoms with van der Waals surface area (Å²) in [5, 5.41) is 6.03. The molecule has 0 amide bonds. The normalized spacial score (nSPS) is 13.7. The Bertz CT molecular complexity index is 201. The summed E-state index contributed by atoms with van der Waals surface area (Å²) in [4.78, 5) is 19.8. The van der Waals surface area contributed by atoms with E-state index < -0.39 is 23.1 Å². The van der Waals surface area contributed by atoms with E-state index >= 15 is 0 Å². The molecule has 0 aliphatic carbocycles. The highest BCUT2D eigenvalue weighted by molar-refractivity contribution is 9.09. The lowest BCUT2D eigenvalue weighted by Gasteiger charge is -2.08. The summed E-state index contributed by atoms with van der Waals surface area (Å²) in [5.41, 5.74) is 0. The first-order chi connectivity index (χ1) is 5.25. The number of alkyl halides is 4. The average molecular weight is 251 g/mol. The minimum Gasteiger partial charge on any atom is -0.478 e. The number of carbonyl (C=O) groups is 2. The SMILES string of the molecule is O=C(O)C(Br)OC(=O)C(F)(F)F. The predicted molar refractivity (Wildman–Crippen MR) is 32.5 cm³/mol. The van der Waals surface area contributed by atoms with Crippen molar-refractivity contribution in [2.45, 2.75) is 11.2 Å². The first-order valence-electron chi connectivity index (χ1n) is 2.40. The van der Waals surface area contributed by atoms with E-state index in [0.29, 0.717) is 0 Å². The molecular formula is C4H2BrF3O4. The summed E-state index contributed by atoms with van der Waals surface area (Å²) >= 11 is 2.19. The molecule has 4 nitrogen and oxygen atoms in total. The van der Waals surface area contributed by atoms with Gasteiger partial charge in [-0.05, 0) is 15.9 Å². The molecule has 0 aromatic heterocycles. The Hall–Kier alpha value is -0.790. The van der Waals surface area contributed by atoms with Crippen LogP contribution in [0.1, 0.15) is 0 Å². The van der Waals surface area contributed by atoms with Crippen LogP contribution in [0.5, 0.6) is 0 Å². The van der Waals surface area contributed by atoms with Gasteiger partial charge in [-0.1, -0.05) is 0 Å². The molecule has 1 atom stereocenters. The molecule has 0 aliphatic heterocycles. The van der Waals surface area contributed by atoms with E-state index in [-0.39, 0.29) is 0 Å². The zero-order valence-corrected chi connectivity index (χ0v) is 6.85. The molecule has 8 heteroatoms. The Morgan fingerprint density at radius 3 is 2.08 bits per heavy atom. The van der Waals surface area contributed by atoms with Crippen molar-refractivity contribution in [1.82, 2.24) is 0 Å². The van der Waals surface area contributed by atoms with E-state index in [0.717, 1.165) is 0 Å². The second-order valence-electron chi connectivity index (χ2n) is 1.56. The molecule has 1 unspecified atom stereocenters. The largest absolute Gasteiger partial charge is 0.490 e. The average Bonchev–Trinajstić information content (AvgIpc) is 1.85. The second kappa shape index (κ2) is 3.74. The summed E-state index contributed by atoms with van der Waals surface area (Å²) in [5.74, 6) is -4.26. The van der Waals surface area contributed by atoms with Crippen LogP contribution in [0.4, 0.5) is 13.2 Å². The Morgan fingerprint density at radius 2 is 1.83 bits per heavy atom. The third-order valence-electron chi connectivity index (χ3n) is 0.636. The van der Waals surface area contributed by atoms with Gasteiger partial charge in [0.25, 0.3) is 5.01 Å². The van der Waals surface area contributed by atoms with E-state index in [4.69, 9.17) is 5.11 Å². The molecule has 0 fully saturated rings. The van der Waals surface area contributed by atoms with Crippen molar-refractivity contribution in [1.29, 1.82) is 0 Å². The van der Waals surface area contributed by atoms with Crippen LogP contribution < -0.4 is 0 Å². The fourth-order valence-electron chi connectivity index (χ4n) is 0.211. The summed E-state index contributed by atoms with van der Waals surface area (Å²) in [6.07, 6.45) is -5.18. The van der Waals surface area contributed by atoms with Crippen LogP contribution in [0.3, 0.4) is 0 Å². The number of hydrogen-bond acceptors (Lipinski definition) is 3. The van der Waals surface area contributed by atoms with Gasteiger partial charge in [0.15, 0.2) is 0 Å². The Kier molecular flexibility index (Phi) is 3.50. The lowest BCUT2D eigenvalue weighted by atomic mass is 10.6. The Morgan fingerprint density at radius 1 is 1.42 bits per heavy atom. The standard InChI is InChI=1S/C4H2BrF3O4/c5-1(2(9)10)12-3(11)4(6,7)8/h1H,(H,9,10). The van der Waals surface area contributed by atoms with Crippen LogP contribution in [-0.4, -0.2) is 28.2 Å². The number of hydrogen-bond donors (Lipinski definition) is 1. The van der Waals surface area contributed by atoms with Crippen molar-refractivity contribution in [3.8, 4) is 0 Å². The number of halogens is 4. The number of ether oxygens (including phenoxy) is 1. The highest BCUT2D eigenvalue weighted by Gasteiger charge is 2.42. The molecule has 0 radical (unpaired) electrons. The van der Waals surface area contributed by atoms with E-state index in [1.54, 1.807) is 0 Å². The number of carboxylic acids is 1. The van der Waals surface area contributed by atoms with Gasteiger partial charge < -0.3 is 9.84 Å². The van der Waals surface area contributed by atoms with Gasteiger partial charge in [-0.3, -0.25) is 0 Å². The first-order valence-corrected chi connectivity index (χ1v) is 3.31. The summed E-state index contributed by atoms with van der Waals surface area (Å²) in [7, 11) is 0. The van der Waals surface area contributed by atoms with Crippen molar-refractivity contribution < 1.29 is 32.6 Å². The van der Waals surface area contributed by atoms with E-state index in [1.165, 1.54) is 0 Å². The van der Waals surface area contributed by atoms with Gasteiger partial charge in [0.05, 0.1) is 0 Å². The van der Waals surface area contributed by atoms with Gasteiger partial charge in [-0.15, -0.1) is 0 Å². The van der Waals surface area contributed by atoms with Crippen molar-refractivity contribution in [2.75, 3.05) is 0 Å². The minimum atomic E-state index is -5.18. The Balaban J connectivity index is 4.11. The zero-order valence-electron chi connectivity index (χ0n) is 5.26. The molecule has 0 heterocycles. The van der Waals surface area contributed by atoms with Crippen LogP contribution in [0, 0.1) is 0 Å². The molecule has 0 aromatic rings. The van der Waals surface area contributed by atoms with Crippen molar-refractivity contribution in [2.24, 2.45) is 0 Å². The molecule has 0 spiro atoms. The summed E-state index contributed by atoms with van der Waals surface area (Å²) < 4.78 is 37.6. The molecule has 0 rings (SSSR count). The number of esters is 1. The topological polar surface area (TPSA) is 63.6 Å². The third kappa shape index (κ3) is 3.56. The van der Waals surface area contributed by atoms with Crippen molar-refractivity contribution in [3.05, 3.63) is 0 Å². The molecule has 0 bridgehead atoms. The summed E-state index contributed by atoms with van der Waals surface area (Å²) in [6, 6.07) is 0. The van der Waals surface area contributed by atoms with Gasteiger partial charge >= 0.3 is 18.1 Å². The van der Waals surface area contributed by atoms with Crippen LogP contribution in [-0.2, 0) is 14.3 Å². The number of aliphatic carboxylic acids is 1. The van der Waals surface area contributed by atoms with Gasteiger partial charge in [-0.2, -0.15) is 13.2 Å². The van der Waals surface area contributed by atoms with Gasteiger partial charge in [-0.25, -0.2) is 9.59 Å². The van der Waals surface area contributed by atoms with Crippen LogP contribution >= 0.6 is 15.9 Å². The minimum absolute atomic E-state index is 1.72. The maximum Gasteiger partial charge on any atom is 0.490 e. The molecule has 0 aliphatic rings. The predicted octanol–water partition coefficient (Wildman–Crippen LogP) is 0.897. The van der Waals surface area contributed by atoms with Crippen molar-refractivity contribution in [3.63, 3.8) is 0 Å². The van der Waals surface area contributed by atoms with Gasteiger partial charge in [0.2, 0.25) is 0 Å². The number of carbonyl (C=O) groups excluding carboxylic acids is 1. The summed E-state index contributed by atoms with van der Waals surface area (Å²) in [6.45, 7) is 0. The molecule has 0 aromatic carbocycles. The molecular weight excluding hydrogens is 249 g/mol. The molecule has 1 N–H and O–H groups in total. The number of rotatable bonds is 2. The molecule has 0 saturated heterocycles. The van der Waals surface area contributed by atoms with E-state index in [9.17, 15) is 22.8 Å². The highest BCUT2D eigenvalue weighted by atomic mass is 79.9. The van der Waals surface area contributed by atoms with Gasteiger partial charge in [0.1, 0.15) is 0 Å². The van der Waals surface area contributed by atoms with Crippen LogP contribution in [0.2, 0.25) is 0 Å². The maximum absolute atomic E-state index is 11.4. The first kappa shape index (κ1) is 11.2. The van der Waals surface area contributed by atoms with Gasteiger partial charge in [0, 0.05) is 0 Å². The second-order valence-corrected chi connectivity index (χ2v) is 2.39. The monoisotopic (exact) mass is 250 g/mol. The lowest BCUT2D eigenvalue weighted by Crippen LogP contribution is -2.31. The van der Waals surface area contributed by atoms with Crippen LogP contribution in [0.15, 0.2) is 0 Å². The fraction of sp³-hybridized carbons (Fsp3) is 0.500. The third-order valence-corrected chi connectivity index (χ3v) is 1.21. The quantitative estimate of drug-likeness (QED) is 0.584. The smallest absolute Gasteiger partial charge is 0.478 e. The van der Waals surface area contributed by atoms with E-state index in [1.807, 2.05) is 0 Å². The maximum atomic E-state index is 11.4. The highest BCUT2D eigenvalue weighted by Crippen LogP contribution is 2.18. The van der Waals surface area contributed by atoms with E-state index in [2.05, 4.69) is 20.7 Å². The molecule has 12 heavy (non-hydrogen) atoms. The Labute approximate surface area is 72.4 Å². The lowest BCUT2D eigenvalue weighted by molar-refractivity contribution is -0.202. The fourth-order valence-corrected chi connectivity index (χ4v) is 0.381. The molecule has 0 saturated carbocycles.